The van der Waals surface area contributed by atoms with Crippen LogP contribution in [0, 0.1) is 5.82 Å². The van der Waals surface area contributed by atoms with Crippen molar-refractivity contribution in [1.29, 1.82) is 0 Å². The molecule has 0 spiro atoms. The quantitative estimate of drug-likeness (QED) is 0.507. The molecule has 0 saturated carbocycles. The van der Waals surface area contributed by atoms with E-state index in [1.54, 1.807) is 23.1 Å². The van der Waals surface area contributed by atoms with Crippen molar-refractivity contribution in [2.24, 2.45) is 0 Å². The lowest BCUT2D eigenvalue weighted by Crippen LogP contribution is -2.58. The van der Waals surface area contributed by atoms with Crippen molar-refractivity contribution < 1.29 is 28.6 Å². The number of carboxylic acids is 1. The number of aliphatic carboxylic acids is 1. The second-order valence-corrected chi connectivity index (χ2v) is 8.87. The molecule has 2 aromatic rings. The Morgan fingerprint density at radius 1 is 1.11 bits per heavy atom. The molecule has 3 N–H and O–H groups in total. The number of benzene rings is 2. The van der Waals surface area contributed by atoms with Crippen LogP contribution in [0.25, 0.3) is 0 Å². The molecule has 2 aromatic carbocycles. The van der Waals surface area contributed by atoms with Crippen LogP contribution in [0.2, 0.25) is 5.02 Å². The van der Waals surface area contributed by atoms with Gasteiger partial charge in [0.1, 0.15) is 18.1 Å². The van der Waals surface area contributed by atoms with Crippen LogP contribution in [-0.2, 0) is 16.1 Å². The SMILES string of the molecule is C[C@@H]1CN(Cc2ccc(F)cc2)[C@@H](C)CN1C(=O)COc1ccc(Cl)cc1NC(=O)NCC(=O)O. The number of carbonyl (C=O) groups is 3. The molecule has 1 fully saturated rings. The van der Waals surface area contributed by atoms with Crippen LogP contribution in [0.1, 0.15) is 19.4 Å². The first-order valence-electron chi connectivity index (χ1n) is 11.1. The van der Waals surface area contributed by atoms with Gasteiger partial charge in [0.05, 0.1) is 5.69 Å². The molecule has 9 nitrogen and oxygen atoms in total. The monoisotopic (exact) mass is 506 g/mol. The van der Waals surface area contributed by atoms with E-state index >= 15 is 0 Å². The fraction of sp³-hybridized carbons (Fsp3) is 0.375. The summed E-state index contributed by atoms with van der Waals surface area (Å²) in [4.78, 5) is 39.5. The van der Waals surface area contributed by atoms with Gasteiger partial charge in [0.15, 0.2) is 6.61 Å². The molecule has 1 saturated heterocycles. The Kier molecular flexibility index (Phi) is 8.89. The molecular weight excluding hydrogens is 479 g/mol. The fourth-order valence-corrected chi connectivity index (χ4v) is 4.03. The Balaban J connectivity index is 1.58. The number of urea groups is 1. The summed E-state index contributed by atoms with van der Waals surface area (Å²) in [6.45, 7) is 5.02. The van der Waals surface area contributed by atoms with E-state index in [1.807, 2.05) is 13.8 Å². The minimum Gasteiger partial charge on any atom is -0.482 e. The fourth-order valence-electron chi connectivity index (χ4n) is 3.86. The molecule has 188 valence electrons. The number of nitrogens with one attached hydrogen (secondary N) is 2. The first-order valence-corrected chi connectivity index (χ1v) is 11.5. The zero-order chi connectivity index (χ0) is 25.5. The summed E-state index contributed by atoms with van der Waals surface area (Å²) in [5.74, 6) is -1.44. The summed E-state index contributed by atoms with van der Waals surface area (Å²) in [5, 5.41) is 13.7. The van der Waals surface area contributed by atoms with E-state index in [4.69, 9.17) is 21.4 Å². The van der Waals surface area contributed by atoms with E-state index in [0.29, 0.717) is 24.7 Å². The zero-order valence-corrected chi connectivity index (χ0v) is 20.2. The van der Waals surface area contributed by atoms with Crippen LogP contribution in [0.4, 0.5) is 14.9 Å². The topological polar surface area (TPSA) is 111 Å². The lowest BCUT2D eigenvalue weighted by atomic mass is 10.1. The molecule has 0 radical (unpaired) electrons. The van der Waals surface area contributed by atoms with Gasteiger partial charge in [-0.05, 0) is 49.7 Å². The third-order valence-corrected chi connectivity index (χ3v) is 5.91. The molecule has 1 heterocycles. The van der Waals surface area contributed by atoms with Gasteiger partial charge in [-0.3, -0.25) is 14.5 Å². The highest BCUT2D eigenvalue weighted by atomic mass is 35.5. The maximum atomic E-state index is 13.2. The van der Waals surface area contributed by atoms with E-state index in [2.05, 4.69) is 15.5 Å². The molecule has 3 rings (SSSR count). The van der Waals surface area contributed by atoms with Gasteiger partial charge < -0.3 is 25.4 Å². The van der Waals surface area contributed by atoms with Gasteiger partial charge in [-0.2, -0.15) is 0 Å². The standard InChI is InChI=1S/C24H28ClFN4O5/c1-15-12-30(16(2)11-29(15)13-17-3-6-19(26)7-4-17)22(31)14-35-21-8-5-18(25)9-20(21)28-24(34)27-10-23(32)33/h3-9,15-16H,10-14H2,1-2H3,(H,32,33)(H2,27,28,34)/t15-,16+/m0/s1. The highest BCUT2D eigenvalue weighted by Gasteiger charge is 2.32. The molecular formula is C24H28ClFN4O5. The molecule has 2 atom stereocenters. The molecule has 0 aliphatic carbocycles. The average molecular weight is 507 g/mol. The largest absolute Gasteiger partial charge is 0.482 e. The Hall–Kier alpha value is -3.37. The van der Waals surface area contributed by atoms with Crippen LogP contribution in [0.5, 0.6) is 5.75 Å². The van der Waals surface area contributed by atoms with Crippen molar-refractivity contribution >= 4 is 35.2 Å². The van der Waals surface area contributed by atoms with E-state index < -0.39 is 18.5 Å². The Labute approximate surface area is 207 Å². The Morgan fingerprint density at radius 2 is 1.83 bits per heavy atom. The number of carbonyl (C=O) groups excluding carboxylic acids is 2. The van der Waals surface area contributed by atoms with E-state index in [-0.39, 0.29) is 41.9 Å². The van der Waals surface area contributed by atoms with Crippen LogP contribution in [0.3, 0.4) is 0 Å². The number of amides is 3. The van der Waals surface area contributed by atoms with Gasteiger partial charge in [0.25, 0.3) is 5.91 Å². The normalized spacial score (nSPS) is 18.1. The number of ether oxygens (including phenoxy) is 1. The lowest BCUT2D eigenvalue weighted by molar-refractivity contribution is -0.139. The van der Waals surface area contributed by atoms with Crippen LogP contribution < -0.4 is 15.4 Å². The second kappa shape index (κ2) is 11.9. The Morgan fingerprint density at radius 3 is 2.51 bits per heavy atom. The van der Waals surface area contributed by atoms with Crippen molar-refractivity contribution in [2.45, 2.75) is 32.5 Å². The van der Waals surface area contributed by atoms with Crippen molar-refractivity contribution in [3.8, 4) is 5.75 Å². The third kappa shape index (κ3) is 7.56. The number of hydrogen-bond acceptors (Lipinski definition) is 5. The second-order valence-electron chi connectivity index (χ2n) is 8.43. The van der Waals surface area contributed by atoms with Crippen molar-refractivity contribution in [1.82, 2.24) is 15.1 Å². The van der Waals surface area contributed by atoms with Gasteiger partial charge >= 0.3 is 12.0 Å². The minimum atomic E-state index is -1.19. The van der Waals surface area contributed by atoms with Gasteiger partial charge in [-0.15, -0.1) is 0 Å². The van der Waals surface area contributed by atoms with Crippen molar-refractivity contribution in [3.05, 3.63) is 58.9 Å². The molecule has 0 aromatic heterocycles. The highest BCUT2D eigenvalue weighted by molar-refractivity contribution is 6.31. The van der Waals surface area contributed by atoms with Gasteiger partial charge in [0, 0.05) is 36.7 Å². The van der Waals surface area contributed by atoms with Crippen molar-refractivity contribution in [3.63, 3.8) is 0 Å². The van der Waals surface area contributed by atoms with Gasteiger partial charge in [0.2, 0.25) is 0 Å². The highest BCUT2D eigenvalue weighted by Crippen LogP contribution is 2.28. The number of anilines is 1. The molecule has 0 unspecified atom stereocenters. The van der Waals surface area contributed by atoms with Crippen LogP contribution in [-0.4, -0.2) is 71.1 Å². The molecule has 0 bridgehead atoms. The first-order chi connectivity index (χ1) is 16.6. The number of nitrogens with zero attached hydrogens (tertiary/aromatic N) is 2. The zero-order valence-electron chi connectivity index (χ0n) is 19.5. The summed E-state index contributed by atoms with van der Waals surface area (Å²) in [6.07, 6.45) is 0. The molecule has 35 heavy (non-hydrogen) atoms. The summed E-state index contributed by atoms with van der Waals surface area (Å²) < 4.78 is 18.9. The predicted octanol–water partition coefficient (Wildman–Crippen LogP) is 3.19. The number of halogens is 2. The summed E-state index contributed by atoms with van der Waals surface area (Å²) in [6, 6.07) is 10.2. The van der Waals surface area contributed by atoms with Gasteiger partial charge in [-0.1, -0.05) is 23.7 Å². The molecule has 11 heteroatoms. The Bertz CT molecular complexity index is 1070. The number of carboxylic acid groups (broad SMARTS) is 1. The predicted molar refractivity (Wildman–Crippen MR) is 129 cm³/mol. The molecule has 3 amide bonds. The van der Waals surface area contributed by atoms with E-state index in [1.165, 1.54) is 24.3 Å². The van der Waals surface area contributed by atoms with Crippen LogP contribution >= 0.6 is 11.6 Å². The van der Waals surface area contributed by atoms with Crippen LogP contribution in [0.15, 0.2) is 42.5 Å². The average Bonchev–Trinajstić information content (AvgIpc) is 2.80. The summed E-state index contributed by atoms with van der Waals surface area (Å²) >= 11 is 6.01. The molecule has 1 aliphatic rings. The minimum absolute atomic E-state index is 0.0626. The molecule has 1 aliphatic heterocycles. The maximum absolute atomic E-state index is 13.2. The third-order valence-electron chi connectivity index (χ3n) is 5.68. The first kappa shape index (κ1) is 26.2. The van der Waals surface area contributed by atoms with Gasteiger partial charge in [-0.25, -0.2) is 9.18 Å². The number of piperazine rings is 1. The summed E-state index contributed by atoms with van der Waals surface area (Å²) in [7, 11) is 0. The smallest absolute Gasteiger partial charge is 0.323 e. The van der Waals surface area contributed by atoms with E-state index in [0.717, 1.165) is 5.56 Å². The number of rotatable bonds is 8. The number of hydrogen-bond donors (Lipinski definition) is 3. The van der Waals surface area contributed by atoms with Crippen molar-refractivity contribution in [2.75, 3.05) is 31.6 Å². The maximum Gasteiger partial charge on any atom is 0.323 e. The van der Waals surface area contributed by atoms with E-state index in [9.17, 15) is 18.8 Å². The lowest BCUT2D eigenvalue weighted by Gasteiger charge is -2.44. The summed E-state index contributed by atoms with van der Waals surface area (Å²) in [5.41, 5.74) is 1.21.